The molecule has 0 saturated heterocycles. The quantitative estimate of drug-likeness (QED) is 0.765. The van der Waals surface area contributed by atoms with Crippen molar-refractivity contribution < 1.29 is 0 Å². The van der Waals surface area contributed by atoms with E-state index in [1.165, 1.54) is 40.0 Å². The van der Waals surface area contributed by atoms with E-state index in [4.69, 9.17) is 0 Å². The molecule has 1 nitrogen and oxygen atoms in total. The van der Waals surface area contributed by atoms with Gasteiger partial charge < -0.3 is 5.32 Å². The monoisotopic (exact) mass is 297 g/mol. The number of rotatable bonds is 6. The summed E-state index contributed by atoms with van der Waals surface area (Å²) in [6.45, 7) is 5.37. The fourth-order valence-electron chi connectivity index (χ4n) is 2.46. The fourth-order valence-corrected chi connectivity index (χ4v) is 3.57. The minimum Gasteiger partial charge on any atom is -0.310 e. The predicted octanol–water partition coefficient (Wildman–Crippen LogP) is 4.85. The first-order valence-corrected chi connectivity index (χ1v) is 8.71. The van der Waals surface area contributed by atoms with Gasteiger partial charge in [0.15, 0.2) is 0 Å². The number of aryl methyl sites for hydroxylation is 2. The van der Waals surface area contributed by atoms with Crippen molar-refractivity contribution in [1.82, 2.24) is 5.32 Å². The zero-order chi connectivity index (χ0) is 14.7. The van der Waals surface area contributed by atoms with E-state index in [1.54, 1.807) is 0 Å². The summed E-state index contributed by atoms with van der Waals surface area (Å²) in [6, 6.07) is 16.3. The molecular weight excluding hydrogens is 274 g/mol. The smallest absolute Gasteiger partial charge is 0.0234 e. The van der Waals surface area contributed by atoms with Crippen LogP contribution in [0, 0.1) is 13.8 Å². The molecule has 2 aromatic rings. The molecule has 2 aromatic carbocycles. The van der Waals surface area contributed by atoms with E-state index in [9.17, 15) is 0 Å². The second-order valence-electron chi connectivity index (χ2n) is 5.98. The Morgan fingerprint density at radius 1 is 1.05 bits per heavy atom. The van der Waals surface area contributed by atoms with Crippen molar-refractivity contribution in [2.45, 2.75) is 49.9 Å². The van der Waals surface area contributed by atoms with Gasteiger partial charge in [-0.3, -0.25) is 0 Å². The Morgan fingerprint density at radius 2 is 1.86 bits per heavy atom. The van der Waals surface area contributed by atoms with E-state index in [2.05, 4.69) is 61.6 Å². The molecule has 0 unspecified atom stereocenters. The number of thioether (sulfide) groups is 1. The lowest BCUT2D eigenvalue weighted by molar-refractivity contribution is 0.680. The van der Waals surface area contributed by atoms with E-state index in [0.717, 1.165) is 18.3 Å². The van der Waals surface area contributed by atoms with Gasteiger partial charge in [-0.15, -0.1) is 11.8 Å². The Bertz CT molecular complexity index is 617. The highest BCUT2D eigenvalue weighted by Gasteiger charge is 2.20. The van der Waals surface area contributed by atoms with Crippen molar-refractivity contribution in [1.29, 1.82) is 0 Å². The number of hydrogen-bond donors (Lipinski definition) is 1. The highest BCUT2D eigenvalue weighted by Crippen LogP contribution is 2.29. The van der Waals surface area contributed by atoms with E-state index >= 15 is 0 Å². The summed E-state index contributed by atoms with van der Waals surface area (Å²) >= 11 is 1.96. The van der Waals surface area contributed by atoms with Crippen LogP contribution in [0.15, 0.2) is 47.4 Å². The third-order valence-electron chi connectivity index (χ3n) is 4.02. The summed E-state index contributed by atoms with van der Waals surface area (Å²) in [7, 11) is 0. The molecule has 21 heavy (non-hydrogen) atoms. The van der Waals surface area contributed by atoms with Crippen molar-refractivity contribution in [2.24, 2.45) is 0 Å². The zero-order valence-corrected chi connectivity index (χ0v) is 13.7. The zero-order valence-electron chi connectivity index (χ0n) is 12.9. The maximum Gasteiger partial charge on any atom is 0.0234 e. The van der Waals surface area contributed by atoms with Crippen LogP contribution >= 0.6 is 11.8 Å². The van der Waals surface area contributed by atoms with Crippen molar-refractivity contribution in [3.8, 4) is 0 Å². The summed E-state index contributed by atoms with van der Waals surface area (Å²) in [6.07, 6.45) is 2.69. The molecule has 1 saturated carbocycles. The molecule has 2 heteroatoms. The first-order valence-electron chi connectivity index (χ1n) is 7.72. The van der Waals surface area contributed by atoms with E-state index in [-0.39, 0.29) is 0 Å². The molecule has 1 N–H and O–H groups in total. The van der Waals surface area contributed by atoms with Crippen LogP contribution in [-0.4, -0.2) is 6.04 Å². The van der Waals surface area contributed by atoms with Crippen LogP contribution in [0.5, 0.6) is 0 Å². The molecule has 0 atom stereocenters. The van der Waals surface area contributed by atoms with Gasteiger partial charge in [0.05, 0.1) is 0 Å². The average molecular weight is 297 g/mol. The molecule has 110 valence electrons. The van der Waals surface area contributed by atoms with Crippen LogP contribution in [0.2, 0.25) is 0 Å². The van der Waals surface area contributed by atoms with Crippen LogP contribution < -0.4 is 5.32 Å². The lowest BCUT2D eigenvalue weighted by Gasteiger charge is -2.12. The molecule has 1 aliphatic carbocycles. The van der Waals surface area contributed by atoms with E-state index in [0.29, 0.717) is 0 Å². The molecule has 0 aromatic heterocycles. The van der Waals surface area contributed by atoms with E-state index < -0.39 is 0 Å². The summed E-state index contributed by atoms with van der Waals surface area (Å²) < 4.78 is 0. The van der Waals surface area contributed by atoms with Crippen LogP contribution in [0.25, 0.3) is 0 Å². The summed E-state index contributed by atoms with van der Waals surface area (Å²) in [5.74, 6) is 1.05. The Hall–Kier alpha value is -1.25. The van der Waals surface area contributed by atoms with Gasteiger partial charge in [0, 0.05) is 23.2 Å². The molecule has 0 aliphatic heterocycles. The normalized spacial score (nSPS) is 14.4. The third kappa shape index (κ3) is 4.12. The van der Waals surface area contributed by atoms with Crippen LogP contribution in [0.1, 0.15) is 35.1 Å². The molecule has 0 heterocycles. The highest BCUT2D eigenvalue weighted by molar-refractivity contribution is 7.98. The summed E-state index contributed by atoms with van der Waals surface area (Å²) in [5.41, 5.74) is 5.61. The lowest BCUT2D eigenvalue weighted by atomic mass is 10.1. The molecule has 0 amide bonds. The molecule has 0 bridgehead atoms. The maximum atomic E-state index is 3.64. The largest absolute Gasteiger partial charge is 0.310 e. The number of nitrogens with one attached hydrogen (secondary N) is 1. The third-order valence-corrected chi connectivity index (χ3v) is 5.18. The van der Waals surface area contributed by atoms with Crippen LogP contribution in [0.3, 0.4) is 0 Å². The Morgan fingerprint density at radius 3 is 2.62 bits per heavy atom. The first kappa shape index (κ1) is 14.7. The maximum absolute atomic E-state index is 3.64. The van der Waals surface area contributed by atoms with Crippen LogP contribution in [0.4, 0.5) is 0 Å². The van der Waals surface area contributed by atoms with Gasteiger partial charge in [-0.2, -0.15) is 0 Å². The van der Waals surface area contributed by atoms with Gasteiger partial charge in [-0.05, 0) is 49.4 Å². The predicted molar refractivity (Wildman–Crippen MR) is 91.8 cm³/mol. The standard InChI is InChI=1S/C19H23NS/c1-14-7-10-19(17(11-14)12-20-18-8-9-18)21-13-16-6-4-3-5-15(16)2/h3-7,10-11,18,20H,8-9,12-13H2,1-2H3. The molecule has 0 spiro atoms. The Kier molecular flexibility index (Phi) is 4.67. The van der Waals surface area contributed by atoms with Gasteiger partial charge >= 0.3 is 0 Å². The van der Waals surface area contributed by atoms with Gasteiger partial charge in [-0.1, -0.05) is 42.0 Å². The molecule has 0 radical (unpaired) electrons. The Balaban J connectivity index is 1.70. The van der Waals surface area contributed by atoms with Gasteiger partial charge in [0.2, 0.25) is 0 Å². The topological polar surface area (TPSA) is 12.0 Å². The molecule has 1 aliphatic rings. The summed E-state index contributed by atoms with van der Waals surface area (Å²) in [4.78, 5) is 1.41. The Labute approximate surface area is 132 Å². The van der Waals surface area contributed by atoms with Crippen molar-refractivity contribution in [3.05, 3.63) is 64.7 Å². The van der Waals surface area contributed by atoms with E-state index in [1.807, 2.05) is 11.8 Å². The van der Waals surface area contributed by atoms with Gasteiger partial charge in [0.25, 0.3) is 0 Å². The minimum absolute atomic E-state index is 0.764. The average Bonchev–Trinajstić information content (AvgIpc) is 3.30. The molecule has 3 rings (SSSR count). The molecular formula is C19H23NS. The van der Waals surface area contributed by atoms with Crippen LogP contribution in [-0.2, 0) is 12.3 Å². The highest BCUT2D eigenvalue weighted by atomic mass is 32.2. The second-order valence-corrected chi connectivity index (χ2v) is 7.00. The number of benzene rings is 2. The first-order chi connectivity index (χ1) is 10.2. The minimum atomic E-state index is 0.764. The lowest BCUT2D eigenvalue weighted by Crippen LogP contribution is -2.15. The van der Waals surface area contributed by atoms with Crippen molar-refractivity contribution in [2.75, 3.05) is 0 Å². The summed E-state index contributed by atoms with van der Waals surface area (Å²) in [5, 5.41) is 3.64. The van der Waals surface area contributed by atoms with Gasteiger partial charge in [0.1, 0.15) is 0 Å². The second kappa shape index (κ2) is 6.67. The van der Waals surface area contributed by atoms with Gasteiger partial charge in [-0.25, -0.2) is 0 Å². The van der Waals surface area contributed by atoms with Crippen molar-refractivity contribution >= 4 is 11.8 Å². The fraction of sp³-hybridized carbons (Fsp3) is 0.368. The molecule has 1 fully saturated rings. The van der Waals surface area contributed by atoms with Crippen molar-refractivity contribution in [3.63, 3.8) is 0 Å². The SMILES string of the molecule is Cc1ccc(SCc2ccccc2C)c(CNC2CC2)c1. The number of hydrogen-bond acceptors (Lipinski definition) is 2.